The zero-order valence-corrected chi connectivity index (χ0v) is 25.3. The van der Waals surface area contributed by atoms with Gasteiger partial charge in [-0.3, -0.25) is 0 Å². The van der Waals surface area contributed by atoms with Crippen LogP contribution in [0.25, 0.3) is 22.2 Å². The lowest BCUT2D eigenvalue weighted by Crippen LogP contribution is -2.28. The van der Waals surface area contributed by atoms with Gasteiger partial charge in [-0.15, -0.1) is 0 Å². The minimum absolute atomic E-state index is 0.314. The lowest BCUT2D eigenvalue weighted by atomic mass is 9.67. The van der Waals surface area contributed by atoms with Gasteiger partial charge in [0.15, 0.2) is 0 Å². The third-order valence-electron chi connectivity index (χ3n) is 9.07. The Morgan fingerprint density at radius 3 is 1.86 bits per heavy atom. The lowest BCUT2D eigenvalue weighted by molar-refractivity contribution is 0.764. The van der Waals surface area contributed by atoms with Crippen molar-refractivity contribution in [2.45, 2.75) is 51.5 Å². The van der Waals surface area contributed by atoms with Crippen molar-refractivity contribution in [3.8, 4) is 11.1 Å². The molecule has 0 saturated heterocycles. The van der Waals surface area contributed by atoms with E-state index in [9.17, 15) is 0 Å². The molecule has 0 fully saturated rings. The summed E-state index contributed by atoms with van der Waals surface area (Å²) in [5.74, 6) is 1.77. The molecule has 0 amide bonds. The monoisotopic (exact) mass is 562 g/mol. The summed E-state index contributed by atoms with van der Waals surface area (Å²) in [5.41, 5.74) is 19.9. The topological polar surface area (TPSA) is 66.7 Å². The summed E-state index contributed by atoms with van der Waals surface area (Å²) in [7, 11) is 0. The molecular formula is C39H38N4. The second-order valence-electron chi connectivity index (χ2n) is 12.4. The number of anilines is 2. The van der Waals surface area contributed by atoms with Crippen LogP contribution in [-0.4, -0.2) is 9.97 Å². The number of hydrogen-bond donors (Lipinski definition) is 3. The van der Waals surface area contributed by atoms with Gasteiger partial charge in [0.25, 0.3) is 0 Å². The molecule has 1 heterocycles. The van der Waals surface area contributed by atoms with E-state index in [1.54, 1.807) is 0 Å². The van der Waals surface area contributed by atoms with Crippen LogP contribution in [0.3, 0.4) is 0 Å². The van der Waals surface area contributed by atoms with Crippen LogP contribution in [-0.2, 0) is 12.0 Å². The Hall–Kier alpha value is -4.83. The van der Waals surface area contributed by atoms with Crippen LogP contribution < -0.4 is 11.1 Å². The third kappa shape index (κ3) is 4.32. The van der Waals surface area contributed by atoms with Gasteiger partial charge >= 0.3 is 0 Å². The largest absolute Gasteiger partial charge is 0.397 e. The molecule has 0 radical (unpaired) electrons. The summed E-state index contributed by atoms with van der Waals surface area (Å²) in [5, 5.41) is 3.60. The van der Waals surface area contributed by atoms with Crippen molar-refractivity contribution in [1.29, 1.82) is 0 Å². The number of H-pyrrole nitrogens is 1. The number of fused-ring (bicyclic) bond motifs is 4. The van der Waals surface area contributed by atoms with Crippen LogP contribution in [0.2, 0.25) is 0 Å². The van der Waals surface area contributed by atoms with Gasteiger partial charge in [-0.2, -0.15) is 0 Å². The Labute approximate surface area is 254 Å². The van der Waals surface area contributed by atoms with Crippen molar-refractivity contribution in [3.63, 3.8) is 0 Å². The molecule has 1 aromatic heterocycles. The first kappa shape index (κ1) is 27.0. The summed E-state index contributed by atoms with van der Waals surface area (Å²) in [6.45, 7) is 9.43. The molecule has 4 heteroatoms. The van der Waals surface area contributed by atoms with Crippen molar-refractivity contribution in [3.05, 3.63) is 148 Å². The van der Waals surface area contributed by atoms with E-state index in [2.05, 4.69) is 135 Å². The number of nitrogens with two attached hydrogens (primary N) is 1. The summed E-state index contributed by atoms with van der Waals surface area (Å²) in [4.78, 5) is 8.29. The first-order chi connectivity index (χ1) is 20.9. The molecule has 0 saturated carbocycles. The second-order valence-corrected chi connectivity index (χ2v) is 12.4. The Bertz CT molecular complexity index is 1880. The number of rotatable bonds is 7. The standard InChI is InChI=1S/C39H38N4/c1-24(2)27-15-19-29(20-16-27)39(32-11-7-5-9-30(32)31-10-6-8-12-33(31)39)28-17-13-26(14-18-28)23-41-36-34(40)21-22-35-37(36)43-38(42-35)25(3)4/h5-22,24-25,41H,23,40H2,1-4H3,(H,42,43). The molecule has 0 atom stereocenters. The average Bonchev–Trinajstić information content (AvgIpc) is 3.60. The first-order valence-corrected chi connectivity index (χ1v) is 15.3. The number of nitrogens with one attached hydrogen (secondary N) is 2. The quantitative estimate of drug-likeness (QED) is 0.170. The van der Waals surface area contributed by atoms with Gasteiger partial charge in [0, 0.05) is 12.5 Å². The minimum atomic E-state index is -0.396. The van der Waals surface area contributed by atoms with Gasteiger partial charge in [-0.1, -0.05) is 125 Å². The predicted octanol–water partition coefficient (Wildman–Crippen LogP) is 9.37. The molecule has 6 aromatic rings. The summed E-state index contributed by atoms with van der Waals surface area (Å²) >= 11 is 0. The van der Waals surface area contributed by atoms with Crippen LogP contribution in [0.4, 0.5) is 11.4 Å². The molecule has 4 N–H and O–H groups in total. The van der Waals surface area contributed by atoms with Gasteiger partial charge in [-0.25, -0.2) is 4.98 Å². The van der Waals surface area contributed by atoms with Gasteiger partial charge in [0.1, 0.15) is 11.3 Å². The van der Waals surface area contributed by atoms with Crippen molar-refractivity contribution < 1.29 is 0 Å². The highest BCUT2D eigenvalue weighted by Crippen LogP contribution is 2.56. The van der Waals surface area contributed by atoms with E-state index < -0.39 is 5.41 Å². The molecule has 5 aromatic carbocycles. The van der Waals surface area contributed by atoms with Gasteiger partial charge in [0.2, 0.25) is 0 Å². The number of nitrogen functional groups attached to an aromatic ring is 1. The molecule has 4 nitrogen and oxygen atoms in total. The zero-order chi connectivity index (χ0) is 29.7. The fourth-order valence-electron chi connectivity index (χ4n) is 6.77. The molecule has 1 aliphatic carbocycles. The highest BCUT2D eigenvalue weighted by molar-refractivity contribution is 5.95. The van der Waals surface area contributed by atoms with Crippen LogP contribution in [0, 0.1) is 0 Å². The smallest absolute Gasteiger partial charge is 0.114 e. The van der Waals surface area contributed by atoms with E-state index in [0.717, 1.165) is 22.5 Å². The maximum absolute atomic E-state index is 6.43. The molecule has 7 rings (SSSR count). The fourth-order valence-corrected chi connectivity index (χ4v) is 6.77. The Kier molecular flexibility index (Phi) is 6.58. The van der Waals surface area contributed by atoms with Crippen molar-refractivity contribution in [2.24, 2.45) is 0 Å². The minimum Gasteiger partial charge on any atom is -0.397 e. The number of aromatic amines is 1. The first-order valence-electron chi connectivity index (χ1n) is 15.3. The van der Waals surface area contributed by atoms with Crippen molar-refractivity contribution >= 4 is 22.4 Å². The molecule has 0 spiro atoms. The van der Waals surface area contributed by atoms with E-state index >= 15 is 0 Å². The van der Waals surface area contributed by atoms with E-state index in [1.165, 1.54) is 44.5 Å². The maximum atomic E-state index is 6.43. The number of nitrogens with zero attached hydrogens (tertiary/aromatic N) is 1. The van der Waals surface area contributed by atoms with Gasteiger partial charge in [-0.05, 0) is 62.6 Å². The SMILES string of the molecule is CC(C)c1ccc(C2(c3ccc(CNc4c(N)ccc5[nH]c(C(C)C)nc45)cc3)c3ccccc3-c3ccccc32)cc1. The second kappa shape index (κ2) is 10.5. The van der Waals surface area contributed by atoms with Gasteiger partial charge in [0.05, 0.1) is 22.3 Å². The van der Waals surface area contributed by atoms with Gasteiger partial charge < -0.3 is 16.0 Å². The van der Waals surface area contributed by atoms with E-state index in [4.69, 9.17) is 10.7 Å². The van der Waals surface area contributed by atoms with Crippen LogP contribution in [0.1, 0.15) is 78.7 Å². The molecule has 0 unspecified atom stereocenters. The van der Waals surface area contributed by atoms with E-state index in [0.29, 0.717) is 24.1 Å². The van der Waals surface area contributed by atoms with Crippen LogP contribution in [0.15, 0.2) is 109 Å². The lowest BCUT2D eigenvalue weighted by Gasteiger charge is -2.34. The summed E-state index contributed by atoms with van der Waals surface area (Å²) in [6, 6.07) is 40.1. The molecule has 0 aliphatic heterocycles. The molecule has 1 aliphatic rings. The molecule has 43 heavy (non-hydrogen) atoms. The zero-order valence-electron chi connectivity index (χ0n) is 25.3. The summed E-state index contributed by atoms with van der Waals surface area (Å²) < 4.78 is 0. The highest BCUT2D eigenvalue weighted by Gasteiger charge is 2.45. The Balaban J connectivity index is 1.30. The molecular weight excluding hydrogens is 524 g/mol. The fraction of sp³-hybridized carbons (Fsp3) is 0.205. The average molecular weight is 563 g/mol. The molecule has 214 valence electrons. The highest BCUT2D eigenvalue weighted by atomic mass is 15.0. The number of benzene rings is 5. The number of aromatic nitrogens is 2. The Morgan fingerprint density at radius 2 is 1.28 bits per heavy atom. The molecule has 0 bridgehead atoms. The maximum Gasteiger partial charge on any atom is 0.114 e. The van der Waals surface area contributed by atoms with Crippen LogP contribution in [0.5, 0.6) is 0 Å². The van der Waals surface area contributed by atoms with Crippen molar-refractivity contribution in [1.82, 2.24) is 9.97 Å². The Morgan fingerprint density at radius 1 is 0.698 bits per heavy atom. The van der Waals surface area contributed by atoms with Crippen LogP contribution >= 0.6 is 0 Å². The van der Waals surface area contributed by atoms with Crippen molar-refractivity contribution in [2.75, 3.05) is 11.1 Å². The number of hydrogen-bond acceptors (Lipinski definition) is 3. The summed E-state index contributed by atoms with van der Waals surface area (Å²) in [6.07, 6.45) is 0. The normalized spacial score (nSPS) is 13.4. The third-order valence-corrected chi connectivity index (χ3v) is 9.07. The van der Waals surface area contributed by atoms with E-state index in [1.807, 2.05) is 12.1 Å². The predicted molar refractivity (Wildman–Crippen MR) is 180 cm³/mol. The van der Waals surface area contributed by atoms with E-state index in [-0.39, 0.29) is 0 Å². The number of imidazole rings is 1.